The van der Waals surface area contributed by atoms with E-state index in [1.54, 1.807) is 6.26 Å². The van der Waals surface area contributed by atoms with E-state index in [1.165, 1.54) is 11.3 Å². The summed E-state index contributed by atoms with van der Waals surface area (Å²) in [5.74, 6) is 2.07. The van der Waals surface area contributed by atoms with Crippen molar-refractivity contribution in [1.29, 1.82) is 0 Å². The van der Waals surface area contributed by atoms with Gasteiger partial charge >= 0.3 is 0 Å². The minimum Gasteiger partial charge on any atom is -0.459 e. The average molecular weight is 338 g/mol. The predicted molar refractivity (Wildman–Crippen MR) is 95.4 cm³/mol. The number of rotatable bonds is 5. The Balaban J connectivity index is 1.38. The molecule has 6 heteroatoms. The molecule has 0 amide bonds. The van der Waals surface area contributed by atoms with E-state index in [0.717, 1.165) is 26.1 Å². The van der Waals surface area contributed by atoms with Crippen LogP contribution in [0.15, 0.2) is 51.5 Å². The molecule has 1 aromatic carbocycles. The van der Waals surface area contributed by atoms with Crippen LogP contribution in [-0.2, 0) is 6.54 Å². The summed E-state index contributed by atoms with van der Waals surface area (Å²) in [6.45, 7) is 2.93. The van der Waals surface area contributed by atoms with Gasteiger partial charge in [0.2, 0.25) is 5.89 Å². The van der Waals surface area contributed by atoms with Gasteiger partial charge in [-0.2, -0.15) is 0 Å². The topological polar surface area (TPSA) is 58.5 Å². The van der Waals surface area contributed by atoms with Crippen molar-refractivity contribution in [3.05, 3.63) is 54.1 Å². The second-order valence-corrected chi connectivity index (χ2v) is 6.70. The van der Waals surface area contributed by atoms with Crippen LogP contribution >= 0.6 is 0 Å². The second-order valence-electron chi connectivity index (χ2n) is 6.70. The summed E-state index contributed by atoms with van der Waals surface area (Å²) >= 11 is 0. The monoisotopic (exact) mass is 338 g/mol. The molecular weight excluding hydrogens is 316 g/mol. The number of anilines is 1. The third kappa shape index (κ3) is 3.44. The molecule has 1 aliphatic heterocycles. The van der Waals surface area contributed by atoms with Gasteiger partial charge < -0.3 is 13.7 Å². The van der Waals surface area contributed by atoms with E-state index in [-0.39, 0.29) is 5.92 Å². The Morgan fingerprint density at radius 1 is 1.16 bits per heavy atom. The van der Waals surface area contributed by atoms with E-state index in [2.05, 4.69) is 58.4 Å². The van der Waals surface area contributed by atoms with Gasteiger partial charge in [0.25, 0.3) is 5.89 Å². The van der Waals surface area contributed by atoms with Gasteiger partial charge in [-0.3, -0.25) is 4.90 Å². The molecule has 3 heterocycles. The van der Waals surface area contributed by atoms with Crippen molar-refractivity contribution in [2.75, 3.05) is 32.1 Å². The van der Waals surface area contributed by atoms with E-state index in [0.29, 0.717) is 17.5 Å². The second kappa shape index (κ2) is 6.72. The van der Waals surface area contributed by atoms with Gasteiger partial charge in [-0.25, -0.2) is 0 Å². The fourth-order valence-corrected chi connectivity index (χ4v) is 3.23. The lowest BCUT2D eigenvalue weighted by molar-refractivity contribution is 0.320. The Bertz CT molecular complexity index is 808. The predicted octanol–water partition coefficient (Wildman–Crippen LogP) is 3.39. The van der Waals surface area contributed by atoms with Crippen molar-refractivity contribution in [3.63, 3.8) is 0 Å². The fraction of sp³-hybridized carbons (Fsp3) is 0.368. The number of hydrogen-bond acceptors (Lipinski definition) is 6. The van der Waals surface area contributed by atoms with Crippen LogP contribution < -0.4 is 4.90 Å². The third-order valence-corrected chi connectivity index (χ3v) is 4.65. The quantitative estimate of drug-likeness (QED) is 0.711. The molecule has 1 aliphatic rings. The number of benzene rings is 1. The molecule has 4 rings (SSSR count). The lowest BCUT2D eigenvalue weighted by Crippen LogP contribution is -2.20. The van der Waals surface area contributed by atoms with Gasteiger partial charge in [0.1, 0.15) is 0 Å². The summed E-state index contributed by atoms with van der Waals surface area (Å²) in [6, 6.07) is 12.4. The largest absolute Gasteiger partial charge is 0.459 e. The first-order chi connectivity index (χ1) is 12.2. The number of furan rings is 1. The van der Waals surface area contributed by atoms with Gasteiger partial charge in [0.05, 0.1) is 12.2 Å². The SMILES string of the molecule is CN(C)c1ccc(CN2CCC(c3nnc(-c4ccco4)o3)C2)cc1. The molecule has 25 heavy (non-hydrogen) atoms. The molecule has 1 atom stereocenters. The van der Waals surface area contributed by atoms with Crippen LogP contribution in [0.4, 0.5) is 5.69 Å². The minimum atomic E-state index is 0.289. The maximum atomic E-state index is 5.80. The Morgan fingerprint density at radius 3 is 2.72 bits per heavy atom. The molecule has 0 bridgehead atoms. The average Bonchev–Trinajstić information content (AvgIpc) is 3.36. The lowest BCUT2D eigenvalue weighted by atomic mass is 10.1. The zero-order chi connectivity index (χ0) is 17.2. The highest BCUT2D eigenvalue weighted by Crippen LogP contribution is 2.29. The molecule has 0 radical (unpaired) electrons. The normalized spacial score (nSPS) is 17.9. The molecule has 1 fully saturated rings. The first kappa shape index (κ1) is 15.9. The summed E-state index contributed by atoms with van der Waals surface area (Å²) < 4.78 is 11.1. The molecule has 2 aromatic heterocycles. The van der Waals surface area contributed by atoms with Crippen molar-refractivity contribution in [3.8, 4) is 11.7 Å². The molecule has 0 spiro atoms. The molecule has 0 aliphatic carbocycles. The Hall–Kier alpha value is -2.60. The highest BCUT2D eigenvalue weighted by molar-refractivity contribution is 5.46. The summed E-state index contributed by atoms with van der Waals surface area (Å²) in [7, 11) is 4.11. The van der Waals surface area contributed by atoms with Crippen LogP contribution in [0.5, 0.6) is 0 Å². The number of hydrogen-bond donors (Lipinski definition) is 0. The number of aromatic nitrogens is 2. The summed E-state index contributed by atoms with van der Waals surface area (Å²) in [5.41, 5.74) is 2.55. The summed E-state index contributed by atoms with van der Waals surface area (Å²) in [4.78, 5) is 4.55. The first-order valence-corrected chi connectivity index (χ1v) is 8.55. The maximum Gasteiger partial charge on any atom is 0.283 e. The Kier molecular flexibility index (Phi) is 4.28. The minimum absolute atomic E-state index is 0.289. The van der Waals surface area contributed by atoms with Crippen molar-refractivity contribution in [2.45, 2.75) is 18.9 Å². The molecule has 1 saturated heterocycles. The molecular formula is C19H22N4O2. The van der Waals surface area contributed by atoms with E-state index < -0.39 is 0 Å². The van der Waals surface area contributed by atoms with Gasteiger partial charge in [-0.05, 0) is 42.8 Å². The first-order valence-electron chi connectivity index (χ1n) is 8.55. The van der Waals surface area contributed by atoms with Crippen molar-refractivity contribution < 1.29 is 8.83 Å². The van der Waals surface area contributed by atoms with Gasteiger partial charge in [-0.1, -0.05) is 12.1 Å². The van der Waals surface area contributed by atoms with Crippen molar-refractivity contribution in [2.24, 2.45) is 0 Å². The van der Waals surface area contributed by atoms with Gasteiger partial charge in [-0.15, -0.1) is 10.2 Å². The zero-order valence-corrected chi connectivity index (χ0v) is 14.6. The van der Waals surface area contributed by atoms with Gasteiger partial charge in [0, 0.05) is 32.9 Å². The Labute approximate surface area is 147 Å². The van der Waals surface area contributed by atoms with Crippen LogP contribution in [0.3, 0.4) is 0 Å². The van der Waals surface area contributed by atoms with Crippen LogP contribution in [0.2, 0.25) is 0 Å². The zero-order valence-electron chi connectivity index (χ0n) is 14.6. The van der Waals surface area contributed by atoms with E-state index in [1.807, 2.05) is 12.1 Å². The number of nitrogens with zero attached hydrogens (tertiary/aromatic N) is 4. The smallest absolute Gasteiger partial charge is 0.283 e. The Morgan fingerprint density at radius 2 is 2.00 bits per heavy atom. The maximum absolute atomic E-state index is 5.80. The van der Waals surface area contributed by atoms with Gasteiger partial charge in [0.15, 0.2) is 5.76 Å². The molecule has 130 valence electrons. The highest BCUT2D eigenvalue weighted by atomic mass is 16.4. The van der Waals surface area contributed by atoms with Crippen LogP contribution in [-0.4, -0.2) is 42.3 Å². The standard InChI is InChI=1S/C19H22N4O2/c1-22(2)16-7-5-14(6-8-16)12-23-10-9-15(13-23)18-20-21-19(25-18)17-4-3-11-24-17/h3-8,11,15H,9-10,12-13H2,1-2H3. The van der Waals surface area contributed by atoms with Crippen LogP contribution in [0.25, 0.3) is 11.7 Å². The van der Waals surface area contributed by atoms with Crippen molar-refractivity contribution in [1.82, 2.24) is 15.1 Å². The number of likely N-dealkylation sites (tertiary alicyclic amines) is 1. The molecule has 6 nitrogen and oxygen atoms in total. The van der Waals surface area contributed by atoms with E-state index >= 15 is 0 Å². The molecule has 0 N–H and O–H groups in total. The molecule has 1 unspecified atom stereocenters. The third-order valence-electron chi connectivity index (χ3n) is 4.65. The van der Waals surface area contributed by atoms with Crippen LogP contribution in [0.1, 0.15) is 23.8 Å². The van der Waals surface area contributed by atoms with E-state index in [9.17, 15) is 0 Å². The molecule has 0 saturated carbocycles. The summed E-state index contributed by atoms with van der Waals surface area (Å²) in [6.07, 6.45) is 2.65. The highest BCUT2D eigenvalue weighted by Gasteiger charge is 2.28. The van der Waals surface area contributed by atoms with E-state index in [4.69, 9.17) is 8.83 Å². The lowest BCUT2D eigenvalue weighted by Gasteiger charge is -2.17. The van der Waals surface area contributed by atoms with Crippen LogP contribution in [0, 0.1) is 0 Å². The van der Waals surface area contributed by atoms with Crippen molar-refractivity contribution >= 4 is 5.69 Å². The molecule has 3 aromatic rings. The summed E-state index contributed by atoms with van der Waals surface area (Å²) in [5, 5.41) is 8.32. The fourth-order valence-electron chi connectivity index (χ4n) is 3.23.